The van der Waals surface area contributed by atoms with Crippen LogP contribution in [-0.4, -0.2) is 79.9 Å². The number of hydrogen-bond acceptors (Lipinski definition) is 6. The number of carbonyl (C=O) groups is 2. The number of esters is 1. The van der Waals surface area contributed by atoms with Crippen LogP contribution >= 0.6 is 0 Å². The largest absolute Gasteiger partial charge is 0.463 e. The molecular formula is C28H35FN4O5S. The molecule has 1 fully saturated rings. The Morgan fingerprint density at radius 2 is 1.79 bits per heavy atom. The monoisotopic (exact) mass is 558 g/mol. The van der Waals surface area contributed by atoms with Crippen LogP contribution in [0.5, 0.6) is 0 Å². The third kappa shape index (κ3) is 5.85. The molecule has 2 amide bonds. The molecule has 2 aromatic carbocycles. The molecule has 0 spiro atoms. The average molecular weight is 559 g/mol. The lowest BCUT2D eigenvalue weighted by atomic mass is 9.93. The second kappa shape index (κ2) is 11.8. The molecule has 1 saturated heterocycles. The second-order valence-corrected chi connectivity index (χ2v) is 11.6. The quantitative estimate of drug-likeness (QED) is 0.499. The van der Waals surface area contributed by atoms with Crippen LogP contribution in [0.2, 0.25) is 0 Å². The van der Waals surface area contributed by atoms with Crippen LogP contribution in [0.25, 0.3) is 0 Å². The molecule has 2 aromatic rings. The van der Waals surface area contributed by atoms with Gasteiger partial charge in [-0.2, -0.15) is 4.31 Å². The third-order valence-corrected chi connectivity index (χ3v) is 9.15. The topological polar surface area (TPSA) is 99.3 Å². The molecule has 2 aliphatic rings. The lowest BCUT2D eigenvalue weighted by Crippen LogP contribution is -2.56. The van der Waals surface area contributed by atoms with E-state index >= 15 is 0 Å². The molecule has 1 N–H and O–H groups in total. The Kier molecular flexibility index (Phi) is 8.73. The zero-order valence-corrected chi connectivity index (χ0v) is 23.5. The first-order valence-electron chi connectivity index (χ1n) is 13.1. The highest BCUT2D eigenvalue weighted by molar-refractivity contribution is 7.89. The number of urea groups is 1. The van der Waals surface area contributed by atoms with E-state index < -0.39 is 33.9 Å². The Labute approximate surface area is 229 Å². The van der Waals surface area contributed by atoms with Crippen molar-refractivity contribution < 1.29 is 27.1 Å². The molecule has 0 aromatic heterocycles. The van der Waals surface area contributed by atoms with Gasteiger partial charge in [0.1, 0.15) is 5.82 Å². The first-order chi connectivity index (χ1) is 18.6. The number of halogens is 1. The summed E-state index contributed by atoms with van der Waals surface area (Å²) in [6.45, 7) is 8.83. The van der Waals surface area contributed by atoms with Crippen molar-refractivity contribution in [3.05, 3.63) is 76.7 Å². The molecule has 11 heteroatoms. The molecule has 0 aliphatic carbocycles. The maximum absolute atomic E-state index is 14.8. The first-order valence-corrected chi connectivity index (χ1v) is 14.6. The molecule has 2 atom stereocenters. The van der Waals surface area contributed by atoms with E-state index in [0.29, 0.717) is 18.8 Å². The highest BCUT2D eigenvalue weighted by atomic mass is 32.2. The molecule has 4 rings (SSSR count). The van der Waals surface area contributed by atoms with Gasteiger partial charge in [0.25, 0.3) is 0 Å². The van der Waals surface area contributed by atoms with E-state index in [1.165, 1.54) is 21.3 Å². The second-order valence-electron chi connectivity index (χ2n) is 9.74. The maximum atomic E-state index is 14.8. The van der Waals surface area contributed by atoms with E-state index in [9.17, 15) is 22.4 Å². The molecule has 0 radical (unpaired) electrons. The van der Waals surface area contributed by atoms with Crippen molar-refractivity contribution in [1.82, 2.24) is 19.4 Å². The number of ether oxygens (including phenoxy) is 1. The lowest BCUT2D eigenvalue weighted by molar-refractivity contribution is -0.139. The molecule has 2 heterocycles. The Morgan fingerprint density at radius 1 is 1.10 bits per heavy atom. The SMILES string of the molecule is CCOC(=O)C1=C(CN2CCN(S(=O)(=O)c3ccc(C)cc3)[C@H](C)C2)N(CC)C(=O)N[C@H]1c1ccccc1F. The minimum atomic E-state index is -3.69. The summed E-state index contributed by atoms with van der Waals surface area (Å²) in [4.78, 5) is 30.1. The minimum Gasteiger partial charge on any atom is -0.463 e. The summed E-state index contributed by atoms with van der Waals surface area (Å²) in [7, 11) is -3.69. The van der Waals surface area contributed by atoms with Crippen LogP contribution in [0.15, 0.2) is 64.7 Å². The Bertz CT molecular complexity index is 1360. The van der Waals surface area contributed by atoms with Crippen LogP contribution in [0.3, 0.4) is 0 Å². The van der Waals surface area contributed by atoms with Gasteiger partial charge in [0.05, 0.1) is 23.1 Å². The van der Waals surface area contributed by atoms with Crippen molar-refractivity contribution in [2.75, 3.05) is 39.3 Å². The van der Waals surface area contributed by atoms with Crippen LogP contribution < -0.4 is 5.32 Å². The van der Waals surface area contributed by atoms with Crippen molar-refractivity contribution >= 4 is 22.0 Å². The number of aryl methyl sites for hydroxylation is 1. The van der Waals surface area contributed by atoms with Crippen LogP contribution in [-0.2, 0) is 19.6 Å². The highest BCUT2D eigenvalue weighted by Gasteiger charge is 2.40. The van der Waals surface area contributed by atoms with Gasteiger partial charge in [0.2, 0.25) is 10.0 Å². The van der Waals surface area contributed by atoms with Crippen molar-refractivity contribution in [1.29, 1.82) is 0 Å². The van der Waals surface area contributed by atoms with E-state index in [0.717, 1.165) is 5.56 Å². The van der Waals surface area contributed by atoms with Gasteiger partial charge in [-0.25, -0.2) is 22.4 Å². The summed E-state index contributed by atoms with van der Waals surface area (Å²) < 4.78 is 48.4. The molecule has 0 bridgehead atoms. The van der Waals surface area contributed by atoms with E-state index in [-0.39, 0.29) is 48.3 Å². The molecule has 2 aliphatic heterocycles. The van der Waals surface area contributed by atoms with Gasteiger partial charge in [-0.15, -0.1) is 0 Å². The number of likely N-dealkylation sites (N-methyl/N-ethyl adjacent to an activating group) is 1. The van der Waals surface area contributed by atoms with Crippen LogP contribution in [0, 0.1) is 12.7 Å². The fourth-order valence-corrected chi connectivity index (χ4v) is 6.79. The van der Waals surface area contributed by atoms with E-state index in [1.807, 2.05) is 18.7 Å². The summed E-state index contributed by atoms with van der Waals surface area (Å²) in [5.41, 5.74) is 1.74. The first kappa shape index (κ1) is 28.7. The van der Waals surface area contributed by atoms with Crippen molar-refractivity contribution in [2.45, 2.75) is 44.7 Å². The van der Waals surface area contributed by atoms with E-state index in [4.69, 9.17) is 4.74 Å². The van der Waals surface area contributed by atoms with Gasteiger partial charge >= 0.3 is 12.0 Å². The number of nitrogens with zero attached hydrogens (tertiary/aromatic N) is 3. The Hall–Kier alpha value is -3.28. The summed E-state index contributed by atoms with van der Waals surface area (Å²) >= 11 is 0. The Morgan fingerprint density at radius 3 is 2.41 bits per heavy atom. The number of nitrogens with one attached hydrogen (secondary N) is 1. The van der Waals surface area contributed by atoms with Gasteiger partial charge in [0.15, 0.2) is 0 Å². The number of amides is 2. The molecule has 39 heavy (non-hydrogen) atoms. The zero-order chi connectivity index (χ0) is 28.3. The Balaban J connectivity index is 1.66. The summed E-state index contributed by atoms with van der Waals surface area (Å²) in [5, 5.41) is 2.77. The van der Waals surface area contributed by atoms with Gasteiger partial charge in [-0.1, -0.05) is 35.9 Å². The lowest BCUT2D eigenvalue weighted by Gasteiger charge is -2.42. The van der Waals surface area contributed by atoms with Crippen LogP contribution in [0.4, 0.5) is 9.18 Å². The molecule has 9 nitrogen and oxygen atoms in total. The number of rotatable bonds is 8. The van der Waals surface area contributed by atoms with Gasteiger partial charge < -0.3 is 10.1 Å². The van der Waals surface area contributed by atoms with Gasteiger partial charge in [0, 0.05) is 50.0 Å². The predicted molar refractivity (Wildman–Crippen MR) is 145 cm³/mol. The van der Waals surface area contributed by atoms with Gasteiger partial charge in [-0.3, -0.25) is 9.80 Å². The van der Waals surface area contributed by atoms with Crippen molar-refractivity contribution in [3.63, 3.8) is 0 Å². The molecule has 0 saturated carbocycles. The van der Waals surface area contributed by atoms with E-state index in [1.54, 1.807) is 50.2 Å². The summed E-state index contributed by atoms with van der Waals surface area (Å²) in [6.07, 6.45) is 0. The third-order valence-electron chi connectivity index (χ3n) is 7.12. The number of hydrogen-bond donors (Lipinski definition) is 1. The maximum Gasteiger partial charge on any atom is 0.338 e. The number of sulfonamides is 1. The number of piperazine rings is 1. The average Bonchev–Trinajstić information content (AvgIpc) is 2.89. The number of carbonyl (C=O) groups excluding carboxylic acids is 2. The highest BCUT2D eigenvalue weighted by Crippen LogP contribution is 2.34. The smallest absolute Gasteiger partial charge is 0.338 e. The van der Waals surface area contributed by atoms with Crippen molar-refractivity contribution in [3.8, 4) is 0 Å². The van der Waals surface area contributed by atoms with E-state index in [2.05, 4.69) is 5.32 Å². The minimum absolute atomic E-state index is 0.117. The normalized spacial score (nSPS) is 21.2. The standard InChI is InChI=1S/C28H35FN4O5S/c1-5-32-24(25(27(34)38-6-2)26(30-28(32)35)22-9-7-8-10-23(22)29)18-31-15-16-33(20(4)17-31)39(36,37)21-13-11-19(3)12-14-21/h7-14,20,26H,5-6,15-18H2,1-4H3,(H,30,35)/t20-,26+/m1/s1. The fourth-order valence-electron chi connectivity index (χ4n) is 5.17. The summed E-state index contributed by atoms with van der Waals surface area (Å²) in [6, 6.07) is 11.0. The number of benzene rings is 2. The zero-order valence-electron chi connectivity index (χ0n) is 22.7. The van der Waals surface area contributed by atoms with Crippen LogP contribution in [0.1, 0.15) is 37.9 Å². The van der Waals surface area contributed by atoms with Gasteiger partial charge in [-0.05, 0) is 45.9 Å². The molecule has 210 valence electrons. The molecule has 0 unspecified atom stereocenters. The molecular weight excluding hydrogens is 523 g/mol. The fraction of sp³-hybridized carbons (Fsp3) is 0.429. The predicted octanol–water partition coefficient (Wildman–Crippen LogP) is 3.43. The summed E-state index contributed by atoms with van der Waals surface area (Å²) in [5.74, 6) is -1.18. The van der Waals surface area contributed by atoms with Crippen molar-refractivity contribution in [2.24, 2.45) is 0 Å².